The predicted octanol–water partition coefficient (Wildman–Crippen LogP) is 18.0. The van der Waals surface area contributed by atoms with E-state index >= 15 is 0 Å². The summed E-state index contributed by atoms with van der Waals surface area (Å²) in [6.45, 7) is 20.1. The number of hydrogen-bond acceptors (Lipinski definition) is 1. The summed E-state index contributed by atoms with van der Waals surface area (Å²) in [6.07, 6.45) is 0. The molecule has 0 amide bonds. The Kier molecular flexibility index (Phi) is 9.11. The third-order valence-electron chi connectivity index (χ3n) is 14.3. The van der Waals surface area contributed by atoms with Crippen molar-refractivity contribution in [3.63, 3.8) is 0 Å². The Labute approximate surface area is 391 Å². The molecule has 0 aliphatic rings. The van der Waals surface area contributed by atoms with Crippen LogP contribution in [-0.2, 0) is 0 Å². The van der Waals surface area contributed by atoms with Crippen molar-refractivity contribution in [2.75, 3.05) is 0 Å². The Bertz CT molecular complexity index is 3960. The SMILES string of the molecule is Cc1cc(C)c(-c2ccc3c(c2)c2cc(-c4ccc5c(c4)c4cc(-c6c(C)cc(C)cc6C)ccc4n5-c4c(C)cc(C)cc4C)ccc2n3-c2ccc3sc4ccccc4c3c2)c(C)c1. The Morgan fingerprint density at radius 3 is 1.18 bits per heavy atom. The molecule has 0 fully saturated rings. The van der Waals surface area contributed by atoms with Gasteiger partial charge in [0.2, 0.25) is 0 Å². The van der Waals surface area contributed by atoms with Gasteiger partial charge in [-0.3, -0.25) is 0 Å². The molecule has 0 saturated heterocycles. The van der Waals surface area contributed by atoms with Crippen LogP contribution in [0.5, 0.6) is 0 Å². The molecule has 66 heavy (non-hydrogen) atoms. The number of nitrogens with zero attached hydrogens (tertiary/aromatic N) is 2. The van der Waals surface area contributed by atoms with Crippen LogP contribution in [0.3, 0.4) is 0 Å². The first-order valence-corrected chi connectivity index (χ1v) is 24.0. The Morgan fingerprint density at radius 1 is 0.303 bits per heavy atom. The van der Waals surface area contributed by atoms with Crippen LogP contribution in [-0.4, -0.2) is 9.13 Å². The number of hydrogen-bond donors (Lipinski definition) is 0. The van der Waals surface area contributed by atoms with Gasteiger partial charge in [-0.15, -0.1) is 11.3 Å². The van der Waals surface area contributed by atoms with Gasteiger partial charge >= 0.3 is 0 Å². The van der Waals surface area contributed by atoms with Gasteiger partial charge in [-0.2, -0.15) is 0 Å². The minimum atomic E-state index is 1.18. The topological polar surface area (TPSA) is 9.86 Å². The van der Waals surface area contributed by atoms with Gasteiger partial charge in [0.1, 0.15) is 0 Å². The fraction of sp³-hybridized carbons (Fsp3) is 0.143. The zero-order valence-corrected chi connectivity index (χ0v) is 40.1. The number of rotatable bonds is 5. The molecule has 12 rings (SSSR count). The summed E-state index contributed by atoms with van der Waals surface area (Å²) >= 11 is 1.87. The quantitative estimate of drug-likeness (QED) is 0.163. The molecule has 320 valence electrons. The molecule has 3 heterocycles. The van der Waals surface area contributed by atoms with Gasteiger partial charge in [-0.25, -0.2) is 0 Å². The number of fused-ring (bicyclic) bond motifs is 9. The van der Waals surface area contributed by atoms with Gasteiger partial charge in [0.25, 0.3) is 0 Å². The average Bonchev–Trinajstić information content (AvgIpc) is 3.92. The molecule has 0 aliphatic heterocycles. The second-order valence-electron chi connectivity index (χ2n) is 19.2. The summed E-state index contributed by atoms with van der Waals surface area (Å²) in [5.41, 5.74) is 26.6. The zero-order valence-electron chi connectivity index (χ0n) is 39.2. The van der Waals surface area contributed by atoms with Gasteiger partial charge in [0.15, 0.2) is 0 Å². The number of aryl methyl sites for hydroxylation is 9. The largest absolute Gasteiger partial charge is 0.309 e. The van der Waals surface area contributed by atoms with E-state index in [-0.39, 0.29) is 0 Å². The number of aromatic nitrogens is 2. The first-order chi connectivity index (χ1) is 31.9. The van der Waals surface area contributed by atoms with E-state index in [1.807, 2.05) is 11.3 Å². The first kappa shape index (κ1) is 40.3. The highest BCUT2D eigenvalue weighted by Gasteiger charge is 2.21. The lowest BCUT2D eigenvalue weighted by Crippen LogP contribution is -2.01. The molecular formula is C63H52N2S. The molecule has 0 spiro atoms. The molecule has 0 radical (unpaired) electrons. The van der Waals surface area contributed by atoms with Crippen molar-refractivity contribution >= 4 is 75.1 Å². The molecule has 0 saturated carbocycles. The van der Waals surface area contributed by atoms with Crippen molar-refractivity contribution < 1.29 is 0 Å². The van der Waals surface area contributed by atoms with E-state index in [4.69, 9.17) is 0 Å². The summed E-state index contributed by atoms with van der Waals surface area (Å²) < 4.78 is 7.64. The van der Waals surface area contributed by atoms with Crippen molar-refractivity contribution in [3.8, 4) is 44.8 Å². The minimum absolute atomic E-state index is 1.18. The summed E-state index contributed by atoms with van der Waals surface area (Å²) in [5, 5.41) is 7.67. The lowest BCUT2D eigenvalue weighted by Gasteiger charge is -2.16. The second-order valence-corrected chi connectivity index (χ2v) is 20.3. The molecule has 12 aromatic rings. The van der Waals surface area contributed by atoms with E-state index in [9.17, 15) is 0 Å². The maximum absolute atomic E-state index is 2.51. The van der Waals surface area contributed by atoms with E-state index < -0.39 is 0 Å². The van der Waals surface area contributed by atoms with E-state index in [1.54, 1.807) is 0 Å². The van der Waals surface area contributed by atoms with E-state index in [2.05, 4.69) is 223 Å². The molecule has 0 aliphatic carbocycles. The van der Waals surface area contributed by atoms with Crippen LogP contribution in [0.25, 0.3) is 109 Å². The summed E-state index contributed by atoms with van der Waals surface area (Å²) in [4.78, 5) is 0. The van der Waals surface area contributed by atoms with E-state index in [1.165, 1.54) is 159 Å². The van der Waals surface area contributed by atoms with Crippen LogP contribution in [0.15, 0.2) is 152 Å². The Morgan fingerprint density at radius 2 is 0.697 bits per heavy atom. The van der Waals surface area contributed by atoms with Crippen LogP contribution >= 0.6 is 11.3 Å². The van der Waals surface area contributed by atoms with Crippen molar-refractivity contribution in [2.45, 2.75) is 62.3 Å². The zero-order chi connectivity index (χ0) is 45.3. The third-order valence-corrected chi connectivity index (χ3v) is 15.4. The van der Waals surface area contributed by atoms with Gasteiger partial charge in [-0.1, -0.05) is 95.6 Å². The van der Waals surface area contributed by atoms with Crippen molar-refractivity contribution in [2.24, 2.45) is 0 Å². The van der Waals surface area contributed by atoms with Crippen LogP contribution < -0.4 is 0 Å². The van der Waals surface area contributed by atoms with Gasteiger partial charge in [0.05, 0.1) is 27.8 Å². The van der Waals surface area contributed by atoms with E-state index in [0.717, 1.165) is 0 Å². The molecule has 0 atom stereocenters. The fourth-order valence-corrected chi connectivity index (χ4v) is 13.0. The fourth-order valence-electron chi connectivity index (χ4n) is 11.9. The smallest absolute Gasteiger partial charge is 0.0541 e. The highest BCUT2D eigenvalue weighted by Crippen LogP contribution is 2.43. The van der Waals surface area contributed by atoms with Crippen molar-refractivity contribution in [1.82, 2.24) is 9.13 Å². The molecule has 0 bridgehead atoms. The molecule has 2 nitrogen and oxygen atoms in total. The summed E-state index contributed by atoms with van der Waals surface area (Å²) in [5.74, 6) is 0. The standard InChI is InChI=1S/C63H52N2S/c1-35-24-38(4)61(39(5)25-35)46-16-21-56-52(32-46)50-30-44(14-19-55(50)64(56)48-18-23-60-54(34-48)49-12-10-11-13-59(49)66-60)45-15-20-57-51(31-45)53-33-47(62-40(6)26-36(2)27-41(62)7)17-22-58(53)65(57)63-42(8)28-37(3)29-43(63)9/h10-34H,1-9H3. The van der Waals surface area contributed by atoms with Gasteiger partial charge < -0.3 is 9.13 Å². The molecule has 0 N–H and O–H groups in total. The Hall–Kier alpha value is -7.20. The predicted molar refractivity (Wildman–Crippen MR) is 287 cm³/mol. The van der Waals surface area contributed by atoms with Crippen LogP contribution in [0.2, 0.25) is 0 Å². The van der Waals surface area contributed by atoms with Crippen LogP contribution in [0, 0.1) is 62.3 Å². The lowest BCUT2D eigenvalue weighted by atomic mass is 9.92. The molecule has 3 heteroatoms. The molecule has 0 unspecified atom stereocenters. The van der Waals surface area contributed by atoms with Crippen molar-refractivity contribution in [3.05, 3.63) is 202 Å². The van der Waals surface area contributed by atoms with Gasteiger partial charge in [-0.05, 0) is 202 Å². The minimum Gasteiger partial charge on any atom is -0.309 e. The average molecular weight is 869 g/mol. The maximum atomic E-state index is 2.51. The second kappa shape index (κ2) is 14.9. The highest BCUT2D eigenvalue weighted by atomic mass is 32.1. The molecular weight excluding hydrogens is 817 g/mol. The monoisotopic (exact) mass is 868 g/mol. The van der Waals surface area contributed by atoms with Gasteiger partial charge in [0, 0.05) is 47.4 Å². The molecule has 9 aromatic carbocycles. The van der Waals surface area contributed by atoms with E-state index in [0.29, 0.717) is 0 Å². The maximum Gasteiger partial charge on any atom is 0.0541 e. The highest BCUT2D eigenvalue weighted by molar-refractivity contribution is 7.25. The third kappa shape index (κ3) is 6.21. The first-order valence-electron chi connectivity index (χ1n) is 23.2. The summed E-state index contributed by atoms with van der Waals surface area (Å²) in [6, 6.07) is 58.3. The Balaban J connectivity index is 1.10. The normalized spacial score (nSPS) is 12.0. The van der Waals surface area contributed by atoms with Crippen molar-refractivity contribution in [1.29, 1.82) is 0 Å². The number of thiophene rings is 1. The van der Waals surface area contributed by atoms with Crippen LogP contribution in [0.1, 0.15) is 50.1 Å². The van der Waals surface area contributed by atoms with Crippen LogP contribution in [0.4, 0.5) is 0 Å². The lowest BCUT2D eigenvalue weighted by molar-refractivity contribution is 1.11. The summed E-state index contributed by atoms with van der Waals surface area (Å²) in [7, 11) is 0. The molecule has 3 aromatic heterocycles. The number of benzene rings is 9.